The fourth-order valence-corrected chi connectivity index (χ4v) is 3.00. The molecule has 0 radical (unpaired) electrons. The second-order valence-corrected chi connectivity index (χ2v) is 5.09. The highest BCUT2D eigenvalue weighted by Gasteiger charge is 2.45. The van der Waals surface area contributed by atoms with Crippen LogP contribution in [0.2, 0.25) is 0 Å². The van der Waals surface area contributed by atoms with Crippen molar-refractivity contribution in [3.8, 4) is 0 Å². The number of fused-ring (bicyclic) bond motifs is 1. The van der Waals surface area contributed by atoms with E-state index in [1.54, 1.807) is 0 Å². The van der Waals surface area contributed by atoms with E-state index in [0.717, 1.165) is 25.8 Å². The second kappa shape index (κ2) is 3.51. The minimum Gasteiger partial charge on any atom is -0.333 e. The molecule has 0 saturated carbocycles. The highest BCUT2D eigenvalue weighted by Crippen LogP contribution is 2.42. The number of rotatable bonds is 2. The lowest BCUT2D eigenvalue weighted by atomic mass is 9.81. The molecule has 1 fully saturated rings. The Hall–Kier alpha value is -1.05. The van der Waals surface area contributed by atoms with Crippen LogP contribution in [0.3, 0.4) is 0 Å². The van der Waals surface area contributed by atoms with E-state index in [4.69, 9.17) is 0 Å². The summed E-state index contributed by atoms with van der Waals surface area (Å²) in [6, 6.07) is 0. The van der Waals surface area contributed by atoms with Crippen LogP contribution in [0.1, 0.15) is 39.5 Å². The Morgan fingerprint density at radius 1 is 1.67 bits per heavy atom. The maximum Gasteiger partial charge on any atom is 0.223 e. The summed E-state index contributed by atoms with van der Waals surface area (Å²) in [5.41, 5.74) is 2.67. The summed E-state index contributed by atoms with van der Waals surface area (Å²) >= 11 is 0. The largest absolute Gasteiger partial charge is 0.333 e. The Kier molecular flexibility index (Phi) is 2.45. The number of amides is 1. The molecule has 82 valence electrons. The summed E-state index contributed by atoms with van der Waals surface area (Å²) in [5, 5.41) is 0. The van der Waals surface area contributed by atoms with Gasteiger partial charge in [-0.2, -0.15) is 0 Å². The Morgan fingerprint density at radius 3 is 3.07 bits per heavy atom. The lowest BCUT2D eigenvalue weighted by molar-refractivity contribution is -0.130. The molecular formula is C13H19NO. The lowest BCUT2D eigenvalue weighted by Gasteiger charge is -2.42. The van der Waals surface area contributed by atoms with Crippen LogP contribution in [0.25, 0.3) is 0 Å². The van der Waals surface area contributed by atoms with Gasteiger partial charge in [-0.3, -0.25) is 4.79 Å². The fourth-order valence-electron chi connectivity index (χ4n) is 3.00. The van der Waals surface area contributed by atoms with Crippen LogP contribution in [0.5, 0.6) is 0 Å². The van der Waals surface area contributed by atoms with Crippen molar-refractivity contribution in [2.75, 3.05) is 6.54 Å². The van der Waals surface area contributed by atoms with Crippen molar-refractivity contribution in [1.82, 2.24) is 4.90 Å². The molecule has 0 N–H and O–H groups in total. The quantitative estimate of drug-likeness (QED) is 0.635. The molecule has 0 spiro atoms. The van der Waals surface area contributed by atoms with Gasteiger partial charge in [-0.25, -0.2) is 0 Å². The molecule has 2 nitrogen and oxygen atoms in total. The molecule has 0 aromatic carbocycles. The van der Waals surface area contributed by atoms with Crippen LogP contribution in [-0.2, 0) is 4.79 Å². The van der Waals surface area contributed by atoms with Gasteiger partial charge >= 0.3 is 0 Å². The third-order valence-electron chi connectivity index (χ3n) is 3.54. The van der Waals surface area contributed by atoms with E-state index >= 15 is 0 Å². The Labute approximate surface area is 91.6 Å². The molecule has 15 heavy (non-hydrogen) atoms. The van der Waals surface area contributed by atoms with Gasteiger partial charge in [0.05, 0.1) is 5.54 Å². The normalized spacial score (nSPS) is 30.1. The van der Waals surface area contributed by atoms with E-state index in [-0.39, 0.29) is 5.54 Å². The second-order valence-electron chi connectivity index (χ2n) is 5.09. The molecule has 2 heterocycles. The summed E-state index contributed by atoms with van der Waals surface area (Å²) in [4.78, 5) is 13.8. The SMILES string of the molecule is C=C(C)CC12CCC(=O)N1CC=C(C)C2. The van der Waals surface area contributed by atoms with Crippen LogP contribution in [0.15, 0.2) is 23.8 Å². The van der Waals surface area contributed by atoms with Gasteiger partial charge in [0.15, 0.2) is 0 Å². The van der Waals surface area contributed by atoms with E-state index in [1.807, 2.05) is 0 Å². The van der Waals surface area contributed by atoms with Crippen LogP contribution in [-0.4, -0.2) is 22.9 Å². The number of nitrogens with zero attached hydrogens (tertiary/aromatic N) is 1. The molecule has 2 aliphatic heterocycles. The zero-order chi connectivity index (χ0) is 11.1. The number of carbonyl (C=O) groups is 1. The first-order valence-corrected chi connectivity index (χ1v) is 5.64. The molecular weight excluding hydrogens is 186 g/mol. The van der Waals surface area contributed by atoms with E-state index in [9.17, 15) is 4.79 Å². The van der Waals surface area contributed by atoms with Gasteiger partial charge in [-0.1, -0.05) is 17.2 Å². The van der Waals surface area contributed by atoms with Gasteiger partial charge < -0.3 is 4.90 Å². The van der Waals surface area contributed by atoms with E-state index in [0.29, 0.717) is 12.3 Å². The Bertz CT molecular complexity index is 342. The van der Waals surface area contributed by atoms with Crippen molar-refractivity contribution in [2.45, 2.75) is 45.1 Å². The van der Waals surface area contributed by atoms with E-state index in [1.165, 1.54) is 11.1 Å². The number of carbonyl (C=O) groups excluding carboxylic acids is 1. The van der Waals surface area contributed by atoms with Crippen molar-refractivity contribution in [2.24, 2.45) is 0 Å². The van der Waals surface area contributed by atoms with Crippen molar-refractivity contribution in [3.63, 3.8) is 0 Å². The van der Waals surface area contributed by atoms with Crippen LogP contribution in [0, 0.1) is 0 Å². The standard InChI is InChI=1S/C13H19NO/c1-10(2)8-13-6-4-12(15)14(13)7-5-11(3)9-13/h5H,1,4,6-9H2,2-3H3. The molecule has 0 aromatic rings. The Morgan fingerprint density at radius 2 is 2.40 bits per heavy atom. The summed E-state index contributed by atoms with van der Waals surface area (Å²) < 4.78 is 0. The minimum atomic E-state index is 0.0712. The van der Waals surface area contributed by atoms with Crippen molar-refractivity contribution < 1.29 is 4.79 Å². The number of hydrogen-bond acceptors (Lipinski definition) is 1. The van der Waals surface area contributed by atoms with Crippen LogP contribution in [0.4, 0.5) is 0 Å². The number of hydrogen-bond donors (Lipinski definition) is 0. The molecule has 0 aliphatic carbocycles. The van der Waals surface area contributed by atoms with Gasteiger partial charge in [0.25, 0.3) is 0 Å². The van der Waals surface area contributed by atoms with Crippen LogP contribution < -0.4 is 0 Å². The molecule has 1 amide bonds. The van der Waals surface area contributed by atoms with Crippen molar-refractivity contribution in [3.05, 3.63) is 23.8 Å². The molecule has 2 aliphatic rings. The minimum absolute atomic E-state index is 0.0712. The first-order valence-electron chi connectivity index (χ1n) is 5.64. The third-order valence-corrected chi connectivity index (χ3v) is 3.54. The van der Waals surface area contributed by atoms with E-state index in [2.05, 4.69) is 31.4 Å². The summed E-state index contributed by atoms with van der Waals surface area (Å²) in [6.07, 6.45) is 5.90. The highest BCUT2D eigenvalue weighted by atomic mass is 16.2. The summed E-state index contributed by atoms with van der Waals surface area (Å²) in [6.45, 7) is 9.03. The topological polar surface area (TPSA) is 20.3 Å². The third kappa shape index (κ3) is 1.73. The molecule has 2 rings (SSSR count). The molecule has 2 heteroatoms. The molecule has 1 atom stereocenters. The average molecular weight is 205 g/mol. The van der Waals surface area contributed by atoms with Gasteiger partial charge in [-0.15, -0.1) is 6.58 Å². The van der Waals surface area contributed by atoms with Gasteiger partial charge in [0, 0.05) is 13.0 Å². The molecule has 0 bridgehead atoms. The smallest absolute Gasteiger partial charge is 0.223 e. The first-order chi connectivity index (χ1) is 7.03. The van der Waals surface area contributed by atoms with Crippen LogP contribution >= 0.6 is 0 Å². The molecule has 1 unspecified atom stereocenters. The zero-order valence-corrected chi connectivity index (χ0v) is 9.68. The molecule has 1 saturated heterocycles. The summed E-state index contributed by atoms with van der Waals surface area (Å²) in [7, 11) is 0. The summed E-state index contributed by atoms with van der Waals surface area (Å²) in [5.74, 6) is 0.319. The fraction of sp³-hybridized carbons (Fsp3) is 0.615. The zero-order valence-electron chi connectivity index (χ0n) is 9.68. The maximum absolute atomic E-state index is 11.8. The first kappa shape index (κ1) is 10.5. The lowest BCUT2D eigenvalue weighted by Crippen LogP contribution is -2.48. The van der Waals surface area contributed by atoms with Gasteiger partial charge in [0.1, 0.15) is 0 Å². The van der Waals surface area contributed by atoms with Crippen molar-refractivity contribution >= 4 is 5.91 Å². The highest BCUT2D eigenvalue weighted by molar-refractivity contribution is 5.80. The van der Waals surface area contributed by atoms with E-state index < -0.39 is 0 Å². The van der Waals surface area contributed by atoms with Crippen molar-refractivity contribution in [1.29, 1.82) is 0 Å². The molecule has 0 aromatic heterocycles. The maximum atomic E-state index is 11.8. The van der Waals surface area contributed by atoms with Gasteiger partial charge in [-0.05, 0) is 33.1 Å². The van der Waals surface area contributed by atoms with Gasteiger partial charge in [0.2, 0.25) is 5.91 Å². The predicted octanol–water partition coefficient (Wildman–Crippen LogP) is 2.66. The average Bonchev–Trinajstić information content (AvgIpc) is 2.41. The predicted molar refractivity (Wildman–Crippen MR) is 61.5 cm³/mol. The monoisotopic (exact) mass is 205 g/mol. The Balaban J connectivity index is 2.29.